The second-order valence-electron chi connectivity index (χ2n) is 13.2. The van der Waals surface area contributed by atoms with E-state index in [1.807, 2.05) is 36.4 Å². The summed E-state index contributed by atoms with van der Waals surface area (Å²) < 4.78 is 9.19. The first kappa shape index (κ1) is 28.7. The molecule has 5 heteroatoms. The molecule has 0 aliphatic heterocycles. The van der Waals surface area contributed by atoms with E-state index in [1.54, 1.807) is 0 Å². The van der Waals surface area contributed by atoms with Crippen LogP contribution in [0, 0.1) is 0 Å². The van der Waals surface area contributed by atoms with Crippen LogP contribution >= 0.6 is 0 Å². The highest BCUT2D eigenvalue weighted by Gasteiger charge is 2.25. The zero-order valence-corrected chi connectivity index (χ0v) is 27.9. The molecule has 5 nitrogen and oxygen atoms in total. The summed E-state index contributed by atoms with van der Waals surface area (Å²) in [4.78, 5) is 15.6. The van der Waals surface area contributed by atoms with E-state index in [0.717, 1.165) is 82.2 Å². The highest BCUT2D eigenvalue weighted by molar-refractivity contribution is 6.28. The van der Waals surface area contributed by atoms with Crippen LogP contribution in [0.4, 0.5) is 0 Å². The van der Waals surface area contributed by atoms with Crippen LogP contribution in [0.3, 0.4) is 0 Å². The smallest absolute Gasteiger partial charge is 0.166 e. The molecule has 0 fully saturated rings. The van der Waals surface area contributed by atoms with Crippen molar-refractivity contribution in [3.05, 3.63) is 170 Å². The van der Waals surface area contributed by atoms with Crippen molar-refractivity contribution >= 4 is 65.2 Å². The van der Waals surface area contributed by atoms with Gasteiger partial charge in [0.1, 0.15) is 11.2 Å². The molecule has 242 valence electrons. The van der Waals surface area contributed by atoms with Crippen LogP contribution in [0.15, 0.2) is 174 Å². The minimum atomic E-state index is 0.595. The van der Waals surface area contributed by atoms with Gasteiger partial charge in [-0.05, 0) is 57.3 Å². The van der Waals surface area contributed by atoms with Crippen molar-refractivity contribution < 1.29 is 4.42 Å². The van der Waals surface area contributed by atoms with E-state index in [9.17, 15) is 0 Å². The second kappa shape index (κ2) is 11.2. The molecule has 0 spiro atoms. The largest absolute Gasteiger partial charge is 0.455 e. The van der Waals surface area contributed by atoms with Crippen LogP contribution in [-0.4, -0.2) is 19.5 Å². The molecule has 0 aliphatic carbocycles. The maximum Gasteiger partial charge on any atom is 0.166 e. The summed E-state index contributed by atoms with van der Waals surface area (Å²) in [6.07, 6.45) is 2.16. The molecule has 0 bridgehead atoms. The molecular formula is C47H28N4O. The molecule has 3 aromatic heterocycles. The average Bonchev–Trinajstić information content (AvgIpc) is 3.81. The summed E-state index contributed by atoms with van der Waals surface area (Å²) >= 11 is 0. The average molecular weight is 665 g/mol. The second-order valence-corrected chi connectivity index (χ2v) is 13.2. The van der Waals surface area contributed by atoms with Gasteiger partial charge in [-0.15, -0.1) is 0 Å². The first-order valence-corrected chi connectivity index (χ1v) is 17.4. The number of aromatic nitrogens is 4. The first-order chi connectivity index (χ1) is 25.8. The fourth-order valence-electron chi connectivity index (χ4n) is 7.85. The summed E-state index contributed by atoms with van der Waals surface area (Å²) in [6, 6.07) is 56.9. The van der Waals surface area contributed by atoms with E-state index in [1.165, 1.54) is 5.39 Å². The highest BCUT2D eigenvalue weighted by atomic mass is 16.3. The van der Waals surface area contributed by atoms with E-state index < -0.39 is 0 Å². The van der Waals surface area contributed by atoms with E-state index in [4.69, 9.17) is 19.4 Å². The van der Waals surface area contributed by atoms with Gasteiger partial charge in [0.05, 0.1) is 16.8 Å². The van der Waals surface area contributed by atoms with Crippen LogP contribution in [0.1, 0.15) is 0 Å². The lowest BCUT2D eigenvalue weighted by atomic mass is 9.92. The fourth-order valence-corrected chi connectivity index (χ4v) is 7.85. The third-order valence-electron chi connectivity index (χ3n) is 10.2. The summed E-state index contributed by atoms with van der Waals surface area (Å²) in [5.41, 5.74) is 6.59. The number of benzene rings is 8. The van der Waals surface area contributed by atoms with Gasteiger partial charge in [-0.3, -0.25) is 0 Å². The fraction of sp³-hybridized carbons (Fsp3) is 0. The van der Waals surface area contributed by atoms with Gasteiger partial charge in [-0.1, -0.05) is 133 Å². The van der Waals surface area contributed by atoms with E-state index in [0.29, 0.717) is 17.5 Å². The number of hydrogen-bond donors (Lipinski definition) is 0. The van der Waals surface area contributed by atoms with Gasteiger partial charge in [0, 0.05) is 38.9 Å². The summed E-state index contributed by atoms with van der Waals surface area (Å²) in [5.74, 6) is 1.83. The number of hydrogen-bond acceptors (Lipinski definition) is 4. The van der Waals surface area contributed by atoms with Crippen LogP contribution < -0.4 is 0 Å². The van der Waals surface area contributed by atoms with E-state index >= 15 is 0 Å². The Morgan fingerprint density at radius 2 is 1.00 bits per heavy atom. The Kier molecular flexibility index (Phi) is 6.18. The van der Waals surface area contributed by atoms with Crippen LogP contribution in [0.5, 0.6) is 0 Å². The number of furan rings is 1. The molecular weight excluding hydrogens is 637 g/mol. The van der Waals surface area contributed by atoms with Crippen molar-refractivity contribution in [2.75, 3.05) is 0 Å². The molecule has 0 saturated heterocycles. The van der Waals surface area contributed by atoms with Crippen molar-refractivity contribution in [2.45, 2.75) is 0 Å². The summed E-state index contributed by atoms with van der Waals surface area (Å²) in [7, 11) is 0. The van der Waals surface area contributed by atoms with Crippen molar-refractivity contribution in [3.8, 4) is 39.9 Å². The maximum absolute atomic E-state index is 6.90. The van der Waals surface area contributed by atoms with Gasteiger partial charge >= 0.3 is 0 Å². The van der Waals surface area contributed by atoms with Gasteiger partial charge < -0.3 is 8.98 Å². The van der Waals surface area contributed by atoms with Gasteiger partial charge in [0.25, 0.3) is 0 Å². The van der Waals surface area contributed by atoms with Gasteiger partial charge in [-0.2, -0.15) is 0 Å². The molecule has 0 aliphatic rings. The number of para-hydroxylation sites is 1. The van der Waals surface area contributed by atoms with Gasteiger partial charge in [0.2, 0.25) is 0 Å². The molecule has 0 N–H and O–H groups in total. The molecule has 8 aromatic carbocycles. The topological polar surface area (TPSA) is 56.7 Å². The standard InChI is InChI=1S/C47H28N4O/c1-3-14-30(15-4-1)45-48-46(31-16-5-2-6-17-31)50-47(49-45)42-37-24-23-36-38-27-32-18-7-8-19-33(32)28-40(38)52-44(36)41(37)34-20-10-11-21-35(34)43(42)51-26-25-29-13-9-12-22-39(29)51/h1-28H. The lowest BCUT2D eigenvalue weighted by Gasteiger charge is -2.19. The van der Waals surface area contributed by atoms with E-state index in [-0.39, 0.29) is 0 Å². The molecule has 11 rings (SSSR count). The quantitative estimate of drug-likeness (QED) is 0.176. The normalized spacial score (nSPS) is 11.8. The number of rotatable bonds is 4. The molecule has 11 aromatic rings. The Labute approximate surface area is 298 Å². The molecule has 0 amide bonds. The molecule has 0 radical (unpaired) electrons. The third kappa shape index (κ3) is 4.33. The molecule has 0 unspecified atom stereocenters. The van der Waals surface area contributed by atoms with E-state index in [2.05, 4.69) is 138 Å². The lowest BCUT2D eigenvalue weighted by molar-refractivity contribution is 0.673. The third-order valence-corrected chi connectivity index (χ3v) is 10.2. The summed E-state index contributed by atoms with van der Waals surface area (Å²) in [6.45, 7) is 0. The molecule has 0 atom stereocenters. The predicted octanol–water partition coefficient (Wildman–Crippen LogP) is 12.2. The van der Waals surface area contributed by atoms with Crippen LogP contribution in [-0.2, 0) is 0 Å². The number of fused-ring (bicyclic) bond motifs is 9. The Morgan fingerprint density at radius 1 is 0.423 bits per heavy atom. The Balaban J connectivity index is 1.33. The van der Waals surface area contributed by atoms with Crippen molar-refractivity contribution in [1.82, 2.24) is 19.5 Å². The maximum atomic E-state index is 6.90. The highest BCUT2D eigenvalue weighted by Crippen LogP contribution is 2.46. The molecule has 0 saturated carbocycles. The van der Waals surface area contributed by atoms with Crippen molar-refractivity contribution in [2.24, 2.45) is 0 Å². The minimum Gasteiger partial charge on any atom is -0.455 e. The Morgan fingerprint density at radius 3 is 1.73 bits per heavy atom. The molecule has 52 heavy (non-hydrogen) atoms. The Bertz CT molecular complexity index is 3120. The van der Waals surface area contributed by atoms with Crippen LogP contribution in [0.2, 0.25) is 0 Å². The first-order valence-electron chi connectivity index (χ1n) is 17.4. The minimum absolute atomic E-state index is 0.595. The Hall–Kier alpha value is -7.11. The number of nitrogens with zero attached hydrogens (tertiary/aromatic N) is 4. The van der Waals surface area contributed by atoms with Gasteiger partial charge in [0.15, 0.2) is 17.5 Å². The van der Waals surface area contributed by atoms with Gasteiger partial charge in [-0.25, -0.2) is 15.0 Å². The zero-order valence-electron chi connectivity index (χ0n) is 27.9. The van der Waals surface area contributed by atoms with Crippen LogP contribution in [0.25, 0.3) is 105 Å². The monoisotopic (exact) mass is 664 g/mol. The SMILES string of the molecule is c1ccc(-c2nc(-c3ccccc3)nc(-c3c(-n4ccc5ccccc54)c4ccccc4c4c3ccc3c5cc6ccccc6cc5oc34)n2)cc1. The van der Waals surface area contributed by atoms with Crippen molar-refractivity contribution in [1.29, 1.82) is 0 Å². The molecule has 3 heterocycles. The zero-order chi connectivity index (χ0) is 34.2. The lowest BCUT2D eigenvalue weighted by Crippen LogP contribution is -2.05. The summed E-state index contributed by atoms with van der Waals surface area (Å²) in [5, 5.41) is 9.88. The van der Waals surface area contributed by atoms with Crippen molar-refractivity contribution in [3.63, 3.8) is 0 Å². The predicted molar refractivity (Wildman–Crippen MR) is 213 cm³/mol.